The van der Waals surface area contributed by atoms with Gasteiger partial charge in [-0.2, -0.15) is 0 Å². The smallest absolute Gasteiger partial charge is 0.407 e. The van der Waals surface area contributed by atoms with Gasteiger partial charge in [0.1, 0.15) is 0 Å². The Morgan fingerprint density at radius 1 is 1.73 bits per heavy atom. The molecule has 1 aliphatic rings. The van der Waals surface area contributed by atoms with Crippen molar-refractivity contribution in [1.29, 1.82) is 0 Å². The summed E-state index contributed by atoms with van der Waals surface area (Å²) in [6.07, 6.45) is 2.01. The van der Waals surface area contributed by atoms with Crippen molar-refractivity contribution in [2.75, 3.05) is 12.9 Å². The van der Waals surface area contributed by atoms with E-state index >= 15 is 0 Å². The van der Waals surface area contributed by atoms with Gasteiger partial charge in [-0.15, -0.1) is 11.6 Å². The van der Waals surface area contributed by atoms with Gasteiger partial charge in [0, 0.05) is 12.9 Å². The summed E-state index contributed by atoms with van der Waals surface area (Å²) in [7, 11) is 1.59. The molecule has 0 heterocycles. The van der Waals surface area contributed by atoms with Crippen LogP contribution >= 0.6 is 11.6 Å². The fourth-order valence-corrected chi connectivity index (χ4v) is 1.79. The Morgan fingerprint density at radius 2 is 2.27 bits per heavy atom. The normalized spacial score (nSPS) is 20.5. The SMILES string of the molecule is CN(C(=O)O)C1(CCl)CCC1. The number of alkyl halides is 1. The second kappa shape index (κ2) is 2.89. The molecule has 1 fully saturated rings. The molecule has 3 nitrogen and oxygen atoms in total. The van der Waals surface area contributed by atoms with Gasteiger partial charge in [0.05, 0.1) is 5.54 Å². The molecule has 0 aliphatic heterocycles. The van der Waals surface area contributed by atoms with E-state index in [2.05, 4.69) is 0 Å². The molecular weight excluding hydrogens is 166 g/mol. The summed E-state index contributed by atoms with van der Waals surface area (Å²) in [6.45, 7) is 0. The minimum absolute atomic E-state index is 0.257. The zero-order chi connectivity index (χ0) is 8.48. The van der Waals surface area contributed by atoms with Gasteiger partial charge in [0.2, 0.25) is 0 Å². The first-order valence-corrected chi connectivity index (χ1v) is 4.18. The first-order valence-electron chi connectivity index (χ1n) is 3.65. The van der Waals surface area contributed by atoms with Crippen LogP contribution < -0.4 is 0 Å². The molecule has 1 N–H and O–H groups in total. The van der Waals surface area contributed by atoms with E-state index in [-0.39, 0.29) is 5.54 Å². The van der Waals surface area contributed by atoms with Gasteiger partial charge >= 0.3 is 6.09 Å². The predicted molar refractivity (Wildman–Crippen MR) is 43.1 cm³/mol. The van der Waals surface area contributed by atoms with Crippen LogP contribution in [0.4, 0.5) is 4.79 Å². The van der Waals surface area contributed by atoms with E-state index < -0.39 is 6.09 Å². The summed E-state index contributed by atoms with van der Waals surface area (Å²) in [5.74, 6) is 0.413. The molecule has 0 aromatic carbocycles. The summed E-state index contributed by atoms with van der Waals surface area (Å²) in [6, 6.07) is 0. The van der Waals surface area contributed by atoms with Gasteiger partial charge in [-0.25, -0.2) is 4.79 Å². The van der Waals surface area contributed by atoms with Crippen molar-refractivity contribution in [2.45, 2.75) is 24.8 Å². The van der Waals surface area contributed by atoms with Crippen molar-refractivity contribution in [2.24, 2.45) is 0 Å². The van der Waals surface area contributed by atoms with Gasteiger partial charge in [-0.05, 0) is 19.3 Å². The Hall–Kier alpha value is -0.440. The van der Waals surface area contributed by atoms with Crippen LogP contribution in [0.3, 0.4) is 0 Å². The lowest BCUT2D eigenvalue weighted by atomic mass is 9.77. The number of carbonyl (C=O) groups is 1. The van der Waals surface area contributed by atoms with Crippen LogP contribution in [0.1, 0.15) is 19.3 Å². The number of amides is 1. The maximum absolute atomic E-state index is 10.6. The lowest BCUT2D eigenvalue weighted by Gasteiger charge is -2.46. The van der Waals surface area contributed by atoms with Crippen molar-refractivity contribution in [1.82, 2.24) is 4.90 Å². The van der Waals surface area contributed by atoms with E-state index in [1.165, 1.54) is 4.90 Å². The lowest BCUT2D eigenvalue weighted by molar-refractivity contribution is 0.0567. The Balaban J connectivity index is 2.61. The van der Waals surface area contributed by atoms with E-state index in [9.17, 15) is 4.79 Å². The summed E-state index contributed by atoms with van der Waals surface area (Å²) in [5.41, 5.74) is -0.257. The number of rotatable bonds is 2. The van der Waals surface area contributed by atoms with Crippen LogP contribution in [0, 0.1) is 0 Å². The van der Waals surface area contributed by atoms with Crippen molar-refractivity contribution < 1.29 is 9.90 Å². The molecule has 1 aliphatic carbocycles. The third-order valence-electron chi connectivity index (χ3n) is 2.53. The molecule has 64 valence electrons. The average molecular weight is 178 g/mol. The van der Waals surface area contributed by atoms with Crippen LogP contribution in [0.5, 0.6) is 0 Å². The first-order chi connectivity index (χ1) is 5.12. The minimum Gasteiger partial charge on any atom is -0.465 e. The Labute approximate surface area is 70.9 Å². The highest BCUT2D eigenvalue weighted by Crippen LogP contribution is 2.37. The highest BCUT2D eigenvalue weighted by molar-refractivity contribution is 6.18. The molecule has 0 saturated heterocycles. The predicted octanol–water partition coefficient (Wildman–Crippen LogP) is 1.76. The van der Waals surface area contributed by atoms with Gasteiger partial charge in [0.25, 0.3) is 0 Å². The molecule has 4 heteroatoms. The summed E-state index contributed by atoms with van der Waals surface area (Å²) in [5, 5.41) is 8.68. The van der Waals surface area contributed by atoms with Gasteiger partial charge in [0.15, 0.2) is 0 Å². The third-order valence-corrected chi connectivity index (χ3v) is 3.03. The van der Waals surface area contributed by atoms with Crippen LogP contribution in [-0.4, -0.2) is 34.6 Å². The molecule has 0 aromatic rings. The minimum atomic E-state index is -0.884. The molecular formula is C7H12ClNO2. The molecule has 0 radical (unpaired) electrons. The molecule has 0 aromatic heterocycles. The van der Waals surface area contributed by atoms with Crippen LogP contribution in [0.15, 0.2) is 0 Å². The Morgan fingerprint density at radius 3 is 2.36 bits per heavy atom. The molecule has 0 atom stereocenters. The highest BCUT2D eigenvalue weighted by Gasteiger charge is 2.42. The Bertz CT molecular complexity index is 162. The lowest BCUT2D eigenvalue weighted by Crippen LogP contribution is -2.55. The number of hydrogen-bond donors (Lipinski definition) is 1. The van der Waals surface area contributed by atoms with E-state index in [0.717, 1.165) is 19.3 Å². The van der Waals surface area contributed by atoms with Crippen molar-refractivity contribution in [3.8, 4) is 0 Å². The average Bonchev–Trinajstić information content (AvgIpc) is 1.86. The number of nitrogens with zero attached hydrogens (tertiary/aromatic N) is 1. The van der Waals surface area contributed by atoms with E-state index in [1.807, 2.05) is 0 Å². The third kappa shape index (κ3) is 1.29. The molecule has 0 unspecified atom stereocenters. The van der Waals surface area contributed by atoms with Crippen LogP contribution in [0.2, 0.25) is 0 Å². The maximum atomic E-state index is 10.6. The molecule has 0 bridgehead atoms. The quantitative estimate of drug-likeness (QED) is 0.653. The molecule has 11 heavy (non-hydrogen) atoms. The van der Waals surface area contributed by atoms with Gasteiger partial charge < -0.3 is 10.0 Å². The summed E-state index contributed by atoms with van der Waals surface area (Å²) < 4.78 is 0. The molecule has 0 spiro atoms. The molecule has 1 rings (SSSR count). The van der Waals surface area contributed by atoms with Gasteiger partial charge in [-0.3, -0.25) is 0 Å². The van der Waals surface area contributed by atoms with E-state index in [4.69, 9.17) is 16.7 Å². The second-order valence-corrected chi connectivity index (χ2v) is 3.32. The number of hydrogen-bond acceptors (Lipinski definition) is 1. The number of halogens is 1. The molecule has 1 amide bonds. The maximum Gasteiger partial charge on any atom is 0.407 e. The van der Waals surface area contributed by atoms with Gasteiger partial charge in [-0.1, -0.05) is 0 Å². The highest BCUT2D eigenvalue weighted by atomic mass is 35.5. The van der Waals surface area contributed by atoms with Crippen molar-refractivity contribution in [3.63, 3.8) is 0 Å². The van der Waals surface area contributed by atoms with Crippen LogP contribution in [-0.2, 0) is 0 Å². The summed E-state index contributed by atoms with van der Waals surface area (Å²) >= 11 is 5.69. The topological polar surface area (TPSA) is 40.5 Å². The zero-order valence-corrected chi connectivity index (χ0v) is 7.26. The van der Waals surface area contributed by atoms with Crippen molar-refractivity contribution in [3.05, 3.63) is 0 Å². The van der Waals surface area contributed by atoms with E-state index in [0.29, 0.717) is 5.88 Å². The van der Waals surface area contributed by atoms with E-state index in [1.54, 1.807) is 7.05 Å². The second-order valence-electron chi connectivity index (χ2n) is 3.05. The molecule has 1 saturated carbocycles. The zero-order valence-electron chi connectivity index (χ0n) is 6.51. The Kier molecular flexibility index (Phi) is 2.28. The first kappa shape index (κ1) is 8.65. The van der Waals surface area contributed by atoms with Crippen LogP contribution in [0.25, 0.3) is 0 Å². The standard InChI is InChI=1S/C7H12ClNO2/c1-9(6(10)11)7(5-8)3-2-4-7/h2-5H2,1H3,(H,10,11). The largest absolute Gasteiger partial charge is 0.465 e. The fraction of sp³-hybridized carbons (Fsp3) is 0.857. The van der Waals surface area contributed by atoms with Crippen molar-refractivity contribution >= 4 is 17.7 Å². The monoisotopic (exact) mass is 177 g/mol. The number of carboxylic acid groups (broad SMARTS) is 1. The summed E-state index contributed by atoms with van der Waals surface area (Å²) in [4.78, 5) is 11.9. The fourth-order valence-electron chi connectivity index (χ4n) is 1.35.